The van der Waals surface area contributed by atoms with Crippen LogP contribution in [-0.2, 0) is 16.6 Å². The van der Waals surface area contributed by atoms with Gasteiger partial charge in [0.05, 0.1) is 41.5 Å². The number of hydrogen-bond acceptors (Lipinski definition) is 3. The van der Waals surface area contributed by atoms with Gasteiger partial charge in [0, 0.05) is 35.7 Å². The minimum atomic E-state index is -0.167. The second-order valence-corrected chi connectivity index (χ2v) is 13.3. The fourth-order valence-corrected chi connectivity index (χ4v) is 7.77. The maximum atomic E-state index is 10.6. The number of hydrogen-bond donors (Lipinski definition) is 1. The number of pyridine rings is 2. The highest BCUT2D eigenvalue weighted by Crippen LogP contribution is 2.58. The topological polar surface area (TPSA) is 46.2 Å². The molecule has 0 bridgehead atoms. The van der Waals surface area contributed by atoms with E-state index in [9.17, 15) is 5.11 Å². The normalized spacial score (nSPS) is 22.6. The molecule has 1 aliphatic heterocycles. The van der Waals surface area contributed by atoms with Crippen LogP contribution in [0.5, 0.6) is 0 Å². The lowest BCUT2D eigenvalue weighted by Crippen LogP contribution is -2.51. The number of ether oxygens (including phenoxy) is 1. The zero-order valence-corrected chi connectivity index (χ0v) is 23.3. The lowest BCUT2D eigenvalue weighted by atomic mass is 9.64. The predicted molar refractivity (Wildman–Crippen MR) is 152 cm³/mol. The number of fused-ring (bicyclic) bond motifs is 5. The SMILES string of the molecule is COCC1=CC(CO)C2C1c1c3c(cc4cccnc14)C(C)(C)c1cc(CC(C)(C)C)cc4cc[n+]2c-3c14. The van der Waals surface area contributed by atoms with Gasteiger partial charge >= 0.3 is 0 Å². The molecule has 3 atom stereocenters. The van der Waals surface area contributed by atoms with Crippen molar-refractivity contribution in [1.82, 2.24) is 4.98 Å². The van der Waals surface area contributed by atoms with Crippen LogP contribution in [0.4, 0.5) is 0 Å². The van der Waals surface area contributed by atoms with Crippen LogP contribution in [0.1, 0.15) is 68.8 Å². The van der Waals surface area contributed by atoms with Crippen LogP contribution in [0.2, 0.25) is 0 Å². The van der Waals surface area contributed by atoms with Gasteiger partial charge in [-0.1, -0.05) is 58.9 Å². The van der Waals surface area contributed by atoms with E-state index >= 15 is 0 Å². The third kappa shape index (κ3) is 3.17. The average Bonchev–Trinajstić information content (AvgIpc) is 3.24. The van der Waals surface area contributed by atoms with Crippen molar-refractivity contribution in [1.29, 1.82) is 0 Å². The Morgan fingerprint density at radius 2 is 1.89 bits per heavy atom. The second kappa shape index (κ2) is 7.97. The molecular formula is C34H37N2O2+. The summed E-state index contributed by atoms with van der Waals surface area (Å²) in [6.07, 6.45) is 7.51. The molecule has 0 radical (unpaired) electrons. The van der Waals surface area contributed by atoms with Crippen molar-refractivity contribution < 1.29 is 14.4 Å². The van der Waals surface area contributed by atoms with E-state index in [1.165, 1.54) is 55.2 Å². The van der Waals surface area contributed by atoms with Crippen LogP contribution in [0.15, 0.2) is 60.4 Å². The summed E-state index contributed by atoms with van der Waals surface area (Å²) in [5, 5.41) is 14.4. The van der Waals surface area contributed by atoms with E-state index in [4.69, 9.17) is 9.72 Å². The molecule has 4 aromatic rings. The molecule has 0 saturated carbocycles. The Morgan fingerprint density at radius 3 is 2.63 bits per heavy atom. The highest BCUT2D eigenvalue weighted by atomic mass is 16.5. The van der Waals surface area contributed by atoms with Crippen molar-refractivity contribution in [2.45, 2.75) is 58.4 Å². The molecule has 2 aliphatic carbocycles. The van der Waals surface area contributed by atoms with E-state index in [0.717, 1.165) is 11.9 Å². The number of nitrogens with zero attached hydrogens (tertiary/aromatic N) is 2. The van der Waals surface area contributed by atoms with Gasteiger partial charge in [-0.25, -0.2) is 0 Å². The van der Waals surface area contributed by atoms with Crippen molar-refractivity contribution >= 4 is 21.7 Å². The molecule has 3 heterocycles. The number of aliphatic hydroxyl groups is 1. The van der Waals surface area contributed by atoms with Crippen LogP contribution in [-0.4, -0.2) is 30.4 Å². The van der Waals surface area contributed by atoms with Gasteiger partial charge in [-0.3, -0.25) is 4.98 Å². The van der Waals surface area contributed by atoms with Crippen molar-refractivity contribution in [2.75, 3.05) is 20.3 Å². The summed E-state index contributed by atoms with van der Waals surface area (Å²) in [6, 6.07) is 13.9. The summed E-state index contributed by atoms with van der Waals surface area (Å²) in [5.74, 6) is 0.143. The van der Waals surface area contributed by atoms with Gasteiger partial charge in [0.15, 0.2) is 12.2 Å². The van der Waals surface area contributed by atoms with Crippen LogP contribution < -0.4 is 4.57 Å². The van der Waals surface area contributed by atoms with E-state index in [-0.39, 0.29) is 35.3 Å². The molecule has 7 rings (SSSR count). The maximum Gasteiger partial charge on any atom is 0.221 e. The van der Waals surface area contributed by atoms with Crippen molar-refractivity contribution in [3.05, 3.63) is 82.7 Å². The smallest absolute Gasteiger partial charge is 0.221 e. The summed E-state index contributed by atoms with van der Waals surface area (Å²) in [5.41, 5.74) is 10.5. The van der Waals surface area contributed by atoms with Gasteiger partial charge in [0.1, 0.15) is 0 Å². The molecule has 3 unspecified atom stereocenters. The lowest BCUT2D eigenvalue weighted by molar-refractivity contribution is -0.720. The van der Waals surface area contributed by atoms with Crippen molar-refractivity contribution in [2.24, 2.45) is 11.3 Å². The summed E-state index contributed by atoms with van der Waals surface area (Å²) in [6.45, 7) is 12.4. The zero-order valence-electron chi connectivity index (χ0n) is 23.3. The summed E-state index contributed by atoms with van der Waals surface area (Å²) in [7, 11) is 1.76. The Morgan fingerprint density at radius 1 is 1.08 bits per heavy atom. The Balaban J connectivity index is 1.65. The fraction of sp³-hybridized carbons (Fsp3) is 0.412. The quantitative estimate of drug-likeness (QED) is 0.258. The van der Waals surface area contributed by atoms with Crippen LogP contribution in [0.25, 0.3) is 32.9 Å². The van der Waals surface area contributed by atoms with E-state index < -0.39 is 0 Å². The second-order valence-electron chi connectivity index (χ2n) is 13.3. The molecule has 1 N–H and O–H groups in total. The summed E-state index contributed by atoms with van der Waals surface area (Å²) < 4.78 is 8.19. The maximum absolute atomic E-state index is 10.6. The summed E-state index contributed by atoms with van der Waals surface area (Å²) >= 11 is 0. The number of rotatable bonds is 4. The Hall–Kier alpha value is -3.08. The molecule has 38 heavy (non-hydrogen) atoms. The lowest BCUT2D eigenvalue weighted by Gasteiger charge is -2.40. The first-order chi connectivity index (χ1) is 18.1. The van der Waals surface area contributed by atoms with E-state index in [0.29, 0.717) is 6.61 Å². The Bertz CT molecular complexity index is 1670. The summed E-state index contributed by atoms with van der Waals surface area (Å²) in [4.78, 5) is 4.98. The molecule has 0 fully saturated rings. The first-order valence-corrected chi connectivity index (χ1v) is 13.9. The van der Waals surface area contributed by atoms with E-state index in [2.05, 4.69) is 81.8 Å². The number of methoxy groups -OCH3 is 1. The fourth-order valence-electron chi connectivity index (χ4n) is 7.77. The van der Waals surface area contributed by atoms with Crippen LogP contribution >= 0.6 is 0 Å². The minimum Gasteiger partial charge on any atom is -0.395 e. The molecule has 2 aromatic carbocycles. The molecular weight excluding hydrogens is 468 g/mol. The highest BCUT2D eigenvalue weighted by Gasteiger charge is 2.54. The van der Waals surface area contributed by atoms with Gasteiger partial charge in [-0.2, -0.15) is 4.57 Å². The van der Waals surface area contributed by atoms with Gasteiger partial charge in [0.2, 0.25) is 5.69 Å². The molecule has 4 heteroatoms. The number of benzene rings is 2. The number of aliphatic hydroxyl groups excluding tert-OH is 1. The zero-order chi connectivity index (χ0) is 26.6. The van der Waals surface area contributed by atoms with Crippen LogP contribution in [0, 0.1) is 11.3 Å². The molecule has 0 spiro atoms. The number of aromatic nitrogens is 2. The molecule has 2 aromatic heterocycles. The van der Waals surface area contributed by atoms with Crippen LogP contribution in [0.3, 0.4) is 0 Å². The molecule has 3 aliphatic rings. The van der Waals surface area contributed by atoms with E-state index in [1.54, 1.807) is 7.11 Å². The Labute approximate surface area is 225 Å². The molecule has 194 valence electrons. The van der Waals surface area contributed by atoms with Gasteiger partial charge in [0.25, 0.3) is 0 Å². The largest absolute Gasteiger partial charge is 0.395 e. The van der Waals surface area contributed by atoms with Gasteiger partial charge < -0.3 is 9.84 Å². The monoisotopic (exact) mass is 505 g/mol. The molecule has 0 amide bonds. The average molecular weight is 506 g/mol. The predicted octanol–water partition coefficient (Wildman–Crippen LogP) is 6.40. The Kier molecular flexibility index (Phi) is 5.03. The van der Waals surface area contributed by atoms with Gasteiger partial charge in [-0.15, -0.1) is 0 Å². The van der Waals surface area contributed by atoms with Gasteiger partial charge in [-0.05, 0) is 51.6 Å². The van der Waals surface area contributed by atoms with Crippen molar-refractivity contribution in [3.8, 4) is 11.3 Å². The minimum absolute atomic E-state index is 0.0259. The standard InChI is InChI=1S/C34H37N2O2/c1-33(2,3)16-19-12-20-9-11-36-31-22(17-37)14-23(18-38-6)27(31)29-28-25(15-21-8-7-10-35-30(21)29)34(4,5)24(13-19)26(20)32(28)36/h7-15,22,27,31,37H,16-18H2,1-6H3/q+1. The third-order valence-corrected chi connectivity index (χ3v) is 9.15. The van der Waals surface area contributed by atoms with Crippen molar-refractivity contribution in [3.63, 3.8) is 0 Å². The first kappa shape index (κ1) is 24.0. The molecule has 4 nitrogen and oxygen atoms in total. The first-order valence-electron chi connectivity index (χ1n) is 13.9. The highest BCUT2D eigenvalue weighted by molar-refractivity contribution is 6.05. The van der Waals surface area contributed by atoms with E-state index in [1.807, 2.05) is 12.3 Å². The third-order valence-electron chi connectivity index (χ3n) is 9.15. The molecule has 0 saturated heterocycles.